The second-order valence-electron chi connectivity index (χ2n) is 5.64. The van der Waals surface area contributed by atoms with Crippen LogP contribution in [0, 0.1) is 0 Å². The predicted molar refractivity (Wildman–Crippen MR) is 84.3 cm³/mol. The minimum Gasteiger partial charge on any atom is -0.318 e. The Hall–Kier alpha value is -2.90. The van der Waals surface area contributed by atoms with Gasteiger partial charge in [-0.3, -0.25) is 19.3 Å². The summed E-state index contributed by atoms with van der Waals surface area (Å²) >= 11 is 0. The van der Waals surface area contributed by atoms with E-state index in [-0.39, 0.29) is 28.7 Å². The van der Waals surface area contributed by atoms with Gasteiger partial charge in [0.05, 0.1) is 11.1 Å². The largest absolute Gasteiger partial charge is 0.471 e. The second-order valence-corrected chi connectivity index (χ2v) is 5.64. The van der Waals surface area contributed by atoms with Crippen molar-refractivity contribution >= 4 is 34.2 Å². The Morgan fingerprint density at radius 2 is 1.76 bits per heavy atom. The summed E-state index contributed by atoms with van der Waals surface area (Å²) in [4.78, 5) is 37.0. The zero-order valence-electron chi connectivity index (χ0n) is 13.1. The number of fused-ring (bicyclic) bond motifs is 2. The van der Waals surface area contributed by atoms with E-state index in [1.165, 1.54) is 24.3 Å². The van der Waals surface area contributed by atoms with Gasteiger partial charge < -0.3 is 5.32 Å². The number of rotatable bonds is 3. The molecule has 0 radical (unpaired) electrons. The van der Waals surface area contributed by atoms with E-state index in [1.807, 2.05) is 6.92 Å². The maximum absolute atomic E-state index is 12.5. The third kappa shape index (κ3) is 2.84. The molecule has 0 aromatic heterocycles. The van der Waals surface area contributed by atoms with Crippen LogP contribution in [0.2, 0.25) is 0 Å². The van der Waals surface area contributed by atoms with Gasteiger partial charge in [-0.05, 0) is 30.0 Å². The molecule has 25 heavy (non-hydrogen) atoms. The Morgan fingerprint density at radius 1 is 1.12 bits per heavy atom. The van der Waals surface area contributed by atoms with E-state index in [2.05, 4.69) is 0 Å². The standard InChI is InChI=1S/C17H13F3N2O3/c1-2-6-22-14(23)11-7-9-4-3-5-13(21-16(25)17(18,19)20)10(9)8-12(11)15(22)24/h3-5,7-8H,2,6H2,1H3,(H,21,25). The van der Waals surface area contributed by atoms with Crippen LogP contribution in [0.25, 0.3) is 10.8 Å². The van der Waals surface area contributed by atoms with Gasteiger partial charge in [0.25, 0.3) is 11.8 Å². The summed E-state index contributed by atoms with van der Waals surface area (Å²) in [5, 5.41) is 2.52. The number of amides is 3. The molecule has 0 saturated carbocycles. The van der Waals surface area contributed by atoms with Gasteiger partial charge in [-0.2, -0.15) is 13.2 Å². The lowest BCUT2D eigenvalue weighted by molar-refractivity contribution is -0.167. The van der Waals surface area contributed by atoms with Crippen LogP contribution in [0.1, 0.15) is 34.1 Å². The Kier molecular flexibility index (Phi) is 3.98. The van der Waals surface area contributed by atoms with Gasteiger partial charge in [0, 0.05) is 17.6 Å². The number of anilines is 1. The van der Waals surface area contributed by atoms with E-state index in [0.717, 1.165) is 4.90 Å². The molecule has 0 fully saturated rings. The van der Waals surface area contributed by atoms with E-state index in [0.29, 0.717) is 11.8 Å². The van der Waals surface area contributed by atoms with Crippen molar-refractivity contribution in [3.8, 4) is 0 Å². The summed E-state index contributed by atoms with van der Waals surface area (Å²) in [5.41, 5.74) is 0.265. The third-order valence-electron chi connectivity index (χ3n) is 3.92. The lowest BCUT2D eigenvalue weighted by Gasteiger charge is -2.11. The molecule has 0 unspecified atom stereocenters. The van der Waals surface area contributed by atoms with Crippen LogP contribution in [0.3, 0.4) is 0 Å². The Labute approximate surface area is 140 Å². The van der Waals surface area contributed by atoms with Crippen molar-refractivity contribution in [3.63, 3.8) is 0 Å². The molecule has 130 valence electrons. The zero-order valence-corrected chi connectivity index (χ0v) is 13.1. The van der Waals surface area contributed by atoms with E-state index in [1.54, 1.807) is 11.4 Å². The Balaban J connectivity index is 2.09. The average Bonchev–Trinajstić information content (AvgIpc) is 2.78. The monoisotopic (exact) mass is 350 g/mol. The highest BCUT2D eigenvalue weighted by Gasteiger charge is 2.39. The molecule has 8 heteroatoms. The molecule has 0 saturated heterocycles. The van der Waals surface area contributed by atoms with Gasteiger partial charge in [-0.1, -0.05) is 19.1 Å². The molecule has 1 N–H and O–H groups in total. The summed E-state index contributed by atoms with van der Waals surface area (Å²) in [6, 6.07) is 7.19. The molecule has 1 aliphatic heterocycles. The van der Waals surface area contributed by atoms with Crippen LogP contribution >= 0.6 is 0 Å². The lowest BCUT2D eigenvalue weighted by atomic mass is 10.0. The molecule has 5 nitrogen and oxygen atoms in total. The SMILES string of the molecule is CCCN1C(=O)c2cc3cccc(NC(=O)C(F)(F)F)c3cc2C1=O. The molecule has 0 spiro atoms. The summed E-state index contributed by atoms with van der Waals surface area (Å²) in [7, 11) is 0. The van der Waals surface area contributed by atoms with E-state index < -0.39 is 23.9 Å². The number of halogens is 3. The topological polar surface area (TPSA) is 66.5 Å². The number of hydrogen-bond acceptors (Lipinski definition) is 3. The van der Waals surface area contributed by atoms with Gasteiger partial charge in [0.15, 0.2) is 0 Å². The number of alkyl halides is 3. The van der Waals surface area contributed by atoms with Crippen molar-refractivity contribution < 1.29 is 27.6 Å². The first-order valence-corrected chi connectivity index (χ1v) is 7.55. The minimum absolute atomic E-state index is 0.0724. The molecule has 3 rings (SSSR count). The van der Waals surface area contributed by atoms with Crippen LogP contribution in [-0.4, -0.2) is 35.3 Å². The summed E-state index contributed by atoms with van der Waals surface area (Å²) in [6.45, 7) is 2.09. The quantitative estimate of drug-likeness (QED) is 0.864. The minimum atomic E-state index is -5.03. The number of benzene rings is 2. The van der Waals surface area contributed by atoms with Crippen molar-refractivity contribution in [3.05, 3.63) is 41.5 Å². The highest BCUT2D eigenvalue weighted by atomic mass is 19.4. The van der Waals surface area contributed by atoms with Crippen LogP contribution in [-0.2, 0) is 4.79 Å². The molecular formula is C17H13F3N2O3. The smallest absolute Gasteiger partial charge is 0.318 e. The van der Waals surface area contributed by atoms with Crippen molar-refractivity contribution in [2.75, 3.05) is 11.9 Å². The molecule has 0 aliphatic carbocycles. The maximum atomic E-state index is 12.5. The third-order valence-corrected chi connectivity index (χ3v) is 3.92. The van der Waals surface area contributed by atoms with Gasteiger partial charge >= 0.3 is 12.1 Å². The number of imide groups is 1. The predicted octanol–water partition coefficient (Wildman–Crippen LogP) is 3.35. The molecule has 1 heterocycles. The van der Waals surface area contributed by atoms with Gasteiger partial charge in [0.2, 0.25) is 0 Å². The number of carbonyl (C=O) groups is 3. The van der Waals surface area contributed by atoms with Crippen LogP contribution in [0.15, 0.2) is 30.3 Å². The molecule has 2 aromatic rings. The van der Waals surface area contributed by atoms with Gasteiger partial charge in [-0.15, -0.1) is 0 Å². The molecule has 1 aliphatic rings. The highest BCUT2D eigenvalue weighted by Crippen LogP contribution is 2.32. The highest BCUT2D eigenvalue weighted by molar-refractivity contribution is 6.23. The Bertz CT molecular complexity index is 906. The normalized spacial score (nSPS) is 14.2. The number of hydrogen-bond donors (Lipinski definition) is 1. The van der Waals surface area contributed by atoms with Crippen molar-refractivity contribution in [1.82, 2.24) is 4.90 Å². The summed E-state index contributed by atoms with van der Waals surface area (Å²) < 4.78 is 37.5. The molecule has 0 atom stereocenters. The number of nitrogens with one attached hydrogen (secondary N) is 1. The first-order valence-electron chi connectivity index (χ1n) is 7.55. The Morgan fingerprint density at radius 3 is 2.36 bits per heavy atom. The van der Waals surface area contributed by atoms with Crippen LogP contribution in [0.4, 0.5) is 18.9 Å². The summed E-state index contributed by atoms with van der Waals surface area (Å²) in [5.74, 6) is -3.01. The molecule has 2 aromatic carbocycles. The lowest BCUT2D eigenvalue weighted by Crippen LogP contribution is -2.30. The average molecular weight is 350 g/mol. The first-order chi connectivity index (χ1) is 11.7. The molecular weight excluding hydrogens is 337 g/mol. The van der Waals surface area contributed by atoms with E-state index in [9.17, 15) is 27.6 Å². The number of nitrogens with zero attached hydrogens (tertiary/aromatic N) is 1. The van der Waals surface area contributed by atoms with E-state index >= 15 is 0 Å². The number of carbonyl (C=O) groups excluding carboxylic acids is 3. The van der Waals surface area contributed by atoms with Crippen LogP contribution in [0.5, 0.6) is 0 Å². The fourth-order valence-corrected chi connectivity index (χ4v) is 2.79. The van der Waals surface area contributed by atoms with Crippen molar-refractivity contribution in [2.24, 2.45) is 0 Å². The van der Waals surface area contributed by atoms with E-state index in [4.69, 9.17) is 0 Å². The first kappa shape index (κ1) is 16.9. The summed E-state index contributed by atoms with van der Waals surface area (Å²) in [6.07, 6.45) is -4.43. The zero-order chi connectivity index (χ0) is 18.4. The fraction of sp³-hybridized carbons (Fsp3) is 0.235. The van der Waals surface area contributed by atoms with Gasteiger partial charge in [-0.25, -0.2) is 0 Å². The van der Waals surface area contributed by atoms with Crippen LogP contribution < -0.4 is 5.32 Å². The maximum Gasteiger partial charge on any atom is 0.471 e. The molecule has 3 amide bonds. The van der Waals surface area contributed by atoms with Crippen molar-refractivity contribution in [1.29, 1.82) is 0 Å². The fourth-order valence-electron chi connectivity index (χ4n) is 2.79. The van der Waals surface area contributed by atoms with Gasteiger partial charge in [0.1, 0.15) is 0 Å². The van der Waals surface area contributed by atoms with Crippen molar-refractivity contribution in [2.45, 2.75) is 19.5 Å². The molecule has 0 bridgehead atoms. The second kappa shape index (κ2) is 5.87.